The van der Waals surface area contributed by atoms with Crippen LogP contribution < -0.4 is 9.47 Å². The van der Waals surface area contributed by atoms with Crippen LogP contribution in [0, 0.1) is 0 Å². The number of aromatic hydroxyl groups is 1. The molecule has 2 aromatic rings. The number of ether oxygens (including phenoxy) is 2. The van der Waals surface area contributed by atoms with Crippen molar-refractivity contribution in [2.75, 3.05) is 27.4 Å². The van der Waals surface area contributed by atoms with Gasteiger partial charge >= 0.3 is 0 Å². The van der Waals surface area contributed by atoms with Crippen LogP contribution >= 0.6 is 0 Å². The van der Waals surface area contributed by atoms with Crippen molar-refractivity contribution >= 4 is 0 Å². The Morgan fingerprint density at radius 1 is 0.960 bits per heavy atom. The Labute approximate surface area is 148 Å². The molecule has 5 nitrogen and oxygen atoms in total. The van der Waals surface area contributed by atoms with E-state index in [9.17, 15) is 10.2 Å². The minimum atomic E-state index is -0.0998. The Balaban J connectivity index is 2.27. The van der Waals surface area contributed by atoms with Crippen molar-refractivity contribution in [3.8, 4) is 17.2 Å². The molecule has 0 fully saturated rings. The Morgan fingerprint density at radius 2 is 1.76 bits per heavy atom. The highest BCUT2D eigenvalue weighted by Gasteiger charge is 2.15. The quantitative estimate of drug-likeness (QED) is 0.650. The number of aliphatic hydroxyl groups is 2. The largest absolute Gasteiger partial charge is 0.504 e. The summed E-state index contributed by atoms with van der Waals surface area (Å²) < 4.78 is 10.5. The summed E-state index contributed by atoms with van der Waals surface area (Å²) in [5.41, 5.74) is 3.03. The molecule has 0 aromatic heterocycles. The first-order valence-electron chi connectivity index (χ1n) is 8.36. The van der Waals surface area contributed by atoms with Gasteiger partial charge in [-0.3, -0.25) is 0 Å². The number of aryl methyl sites for hydroxylation is 1. The molecule has 2 rings (SSSR count). The van der Waals surface area contributed by atoms with Crippen LogP contribution in [-0.4, -0.2) is 42.8 Å². The molecule has 0 saturated carbocycles. The zero-order valence-corrected chi connectivity index (χ0v) is 14.7. The third-order valence-corrected chi connectivity index (χ3v) is 4.27. The number of aliphatic hydroxyl groups excluding tert-OH is 2. The van der Waals surface area contributed by atoms with E-state index in [-0.39, 0.29) is 24.9 Å². The van der Waals surface area contributed by atoms with E-state index in [0.717, 1.165) is 28.9 Å². The van der Waals surface area contributed by atoms with Crippen LogP contribution in [0.2, 0.25) is 0 Å². The Bertz CT molecular complexity index is 684. The lowest BCUT2D eigenvalue weighted by Crippen LogP contribution is -2.09. The van der Waals surface area contributed by atoms with Gasteiger partial charge in [-0.05, 0) is 60.2 Å². The molecule has 0 bridgehead atoms. The van der Waals surface area contributed by atoms with Crippen molar-refractivity contribution < 1.29 is 24.8 Å². The van der Waals surface area contributed by atoms with Crippen LogP contribution in [0.15, 0.2) is 36.4 Å². The molecule has 0 radical (unpaired) electrons. The highest BCUT2D eigenvalue weighted by Crippen LogP contribution is 2.31. The van der Waals surface area contributed by atoms with Crippen LogP contribution in [0.5, 0.6) is 17.2 Å². The molecule has 5 heteroatoms. The van der Waals surface area contributed by atoms with Gasteiger partial charge in [0.25, 0.3) is 0 Å². The van der Waals surface area contributed by atoms with Crippen molar-refractivity contribution in [3.63, 3.8) is 0 Å². The minimum Gasteiger partial charge on any atom is -0.504 e. The summed E-state index contributed by atoms with van der Waals surface area (Å²) in [4.78, 5) is 0. The maximum atomic E-state index is 9.89. The molecule has 1 atom stereocenters. The highest BCUT2D eigenvalue weighted by molar-refractivity contribution is 5.43. The topological polar surface area (TPSA) is 79.2 Å². The van der Waals surface area contributed by atoms with Crippen LogP contribution in [-0.2, 0) is 12.8 Å². The molecule has 25 heavy (non-hydrogen) atoms. The molecular weight excluding hydrogens is 320 g/mol. The number of hydrogen-bond acceptors (Lipinski definition) is 5. The van der Waals surface area contributed by atoms with E-state index in [1.165, 1.54) is 7.11 Å². The first-order valence-corrected chi connectivity index (χ1v) is 8.36. The van der Waals surface area contributed by atoms with Crippen molar-refractivity contribution in [1.29, 1.82) is 0 Å². The molecule has 0 saturated heterocycles. The number of rotatable bonds is 9. The normalized spacial score (nSPS) is 12.0. The van der Waals surface area contributed by atoms with Crippen molar-refractivity contribution in [2.24, 2.45) is 0 Å². The van der Waals surface area contributed by atoms with E-state index in [0.29, 0.717) is 18.6 Å². The molecule has 3 N–H and O–H groups in total. The molecule has 0 aliphatic carbocycles. The zero-order valence-electron chi connectivity index (χ0n) is 14.7. The molecule has 0 aliphatic heterocycles. The first-order chi connectivity index (χ1) is 12.1. The molecule has 1 unspecified atom stereocenters. The lowest BCUT2D eigenvalue weighted by Gasteiger charge is -2.18. The highest BCUT2D eigenvalue weighted by atomic mass is 16.5. The number of benzene rings is 2. The number of phenols is 1. The summed E-state index contributed by atoms with van der Waals surface area (Å²) in [6.45, 7) is 0.138. The van der Waals surface area contributed by atoms with Crippen LogP contribution in [0.1, 0.15) is 29.0 Å². The average molecular weight is 346 g/mol. The molecule has 0 amide bonds. The maximum Gasteiger partial charge on any atom is 0.160 e. The predicted octanol–water partition coefficient (Wildman–Crippen LogP) is 2.65. The van der Waals surface area contributed by atoms with Gasteiger partial charge < -0.3 is 24.8 Å². The van der Waals surface area contributed by atoms with E-state index in [4.69, 9.17) is 14.6 Å². The van der Waals surface area contributed by atoms with Gasteiger partial charge in [0.2, 0.25) is 0 Å². The van der Waals surface area contributed by atoms with Gasteiger partial charge in [0.15, 0.2) is 11.5 Å². The van der Waals surface area contributed by atoms with E-state index >= 15 is 0 Å². The number of hydrogen-bond donors (Lipinski definition) is 3. The standard InChI is InChI=1S/C20H26O5/c1-24-18-10-14(4-3-7-21)8-16(12-18)17(13-22)9-15-5-6-19(23)20(11-15)25-2/h5-6,8,10-12,17,21-23H,3-4,7,9,13H2,1-2H3. The number of methoxy groups -OCH3 is 2. The summed E-state index contributed by atoms with van der Waals surface area (Å²) in [7, 11) is 3.13. The first kappa shape index (κ1) is 19.1. The average Bonchev–Trinajstić information content (AvgIpc) is 2.65. The number of phenolic OH excluding ortho intramolecular Hbond substituents is 1. The van der Waals surface area contributed by atoms with Crippen molar-refractivity contribution in [3.05, 3.63) is 53.1 Å². The maximum absolute atomic E-state index is 9.89. The molecule has 136 valence electrons. The third kappa shape index (κ3) is 5.11. The van der Waals surface area contributed by atoms with Crippen LogP contribution in [0.3, 0.4) is 0 Å². The predicted molar refractivity (Wildman–Crippen MR) is 96.6 cm³/mol. The Morgan fingerprint density at radius 3 is 2.40 bits per heavy atom. The SMILES string of the molecule is COc1cc(CCCO)cc(C(CO)Cc2ccc(O)c(OC)c2)c1. The van der Waals surface area contributed by atoms with Gasteiger partial charge in [-0.25, -0.2) is 0 Å². The smallest absolute Gasteiger partial charge is 0.160 e. The summed E-state index contributed by atoms with van der Waals surface area (Å²) in [5.74, 6) is 1.16. The fraction of sp³-hybridized carbons (Fsp3) is 0.400. The summed E-state index contributed by atoms with van der Waals surface area (Å²) in [6.07, 6.45) is 2.05. The zero-order chi connectivity index (χ0) is 18.2. The monoisotopic (exact) mass is 346 g/mol. The lowest BCUT2D eigenvalue weighted by atomic mass is 9.90. The second-order valence-electron chi connectivity index (χ2n) is 6.03. The fourth-order valence-electron chi connectivity index (χ4n) is 2.89. The van der Waals surface area contributed by atoms with Crippen molar-refractivity contribution in [1.82, 2.24) is 0 Å². The van der Waals surface area contributed by atoms with Crippen LogP contribution in [0.25, 0.3) is 0 Å². The van der Waals surface area contributed by atoms with E-state index in [1.54, 1.807) is 19.2 Å². The second kappa shape index (κ2) is 9.30. The van der Waals surface area contributed by atoms with Gasteiger partial charge in [-0.15, -0.1) is 0 Å². The van der Waals surface area contributed by atoms with E-state index < -0.39 is 0 Å². The van der Waals surface area contributed by atoms with E-state index in [1.807, 2.05) is 18.2 Å². The third-order valence-electron chi connectivity index (χ3n) is 4.27. The minimum absolute atomic E-state index is 0.00417. The Kier molecular flexibility index (Phi) is 7.10. The van der Waals surface area contributed by atoms with Crippen LogP contribution in [0.4, 0.5) is 0 Å². The summed E-state index contributed by atoms with van der Waals surface area (Å²) >= 11 is 0. The molecule has 0 aliphatic rings. The van der Waals surface area contributed by atoms with Gasteiger partial charge in [0, 0.05) is 12.5 Å². The van der Waals surface area contributed by atoms with Crippen molar-refractivity contribution in [2.45, 2.75) is 25.2 Å². The van der Waals surface area contributed by atoms with E-state index in [2.05, 4.69) is 6.07 Å². The second-order valence-corrected chi connectivity index (χ2v) is 6.03. The summed E-state index contributed by atoms with van der Waals surface area (Å²) in [6, 6.07) is 11.1. The van der Waals surface area contributed by atoms with Gasteiger partial charge in [0.1, 0.15) is 5.75 Å². The Hall–Kier alpha value is -2.24. The molecule has 0 spiro atoms. The molecular formula is C20H26O5. The van der Waals surface area contributed by atoms with Gasteiger partial charge in [0.05, 0.1) is 20.8 Å². The lowest BCUT2D eigenvalue weighted by molar-refractivity contribution is 0.264. The molecule has 0 heterocycles. The molecule has 2 aromatic carbocycles. The van der Waals surface area contributed by atoms with Gasteiger partial charge in [-0.1, -0.05) is 12.1 Å². The summed E-state index contributed by atoms with van der Waals surface area (Å²) in [5, 5.41) is 28.7. The fourth-order valence-corrected chi connectivity index (χ4v) is 2.89. The van der Waals surface area contributed by atoms with Gasteiger partial charge in [-0.2, -0.15) is 0 Å².